The van der Waals surface area contributed by atoms with Crippen molar-refractivity contribution in [2.45, 2.75) is 76.1 Å². The lowest BCUT2D eigenvalue weighted by atomic mass is 9.79. The first kappa shape index (κ1) is 20.9. The predicted octanol–water partition coefficient (Wildman–Crippen LogP) is 5.34. The maximum atomic E-state index is 13.2. The third-order valence-corrected chi connectivity index (χ3v) is 6.30. The van der Waals surface area contributed by atoms with Crippen molar-refractivity contribution in [2.24, 2.45) is 0 Å². The van der Waals surface area contributed by atoms with E-state index in [4.69, 9.17) is 4.74 Å². The van der Waals surface area contributed by atoms with Crippen LogP contribution in [0.3, 0.4) is 0 Å². The van der Waals surface area contributed by atoms with E-state index in [0.29, 0.717) is 12.6 Å². The minimum absolute atomic E-state index is 0.140. The quantitative estimate of drug-likeness (QED) is 0.748. The fraction of sp³-hybridized carbons (Fsp3) is 0.500. The number of ether oxygens (including phenoxy) is 1. The Hall–Kier alpha value is -2.33. The van der Waals surface area contributed by atoms with Gasteiger partial charge in [-0.3, -0.25) is 0 Å². The molecule has 2 aromatic rings. The summed E-state index contributed by atoms with van der Waals surface area (Å²) in [5, 5.41) is 3.95. The third kappa shape index (κ3) is 4.70. The molecule has 0 bridgehead atoms. The van der Waals surface area contributed by atoms with Crippen molar-refractivity contribution in [3.63, 3.8) is 0 Å². The van der Waals surface area contributed by atoms with Gasteiger partial charge in [0.1, 0.15) is 5.60 Å². The van der Waals surface area contributed by atoms with E-state index in [1.54, 1.807) is 0 Å². The van der Waals surface area contributed by atoms with Crippen LogP contribution in [0.5, 0.6) is 0 Å². The van der Waals surface area contributed by atoms with E-state index < -0.39 is 5.60 Å². The van der Waals surface area contributed by atoms with Crippen molar-refractivity contribution < 1.29 is 9.53 Å². The maximum Gasteiger partial charge on any atom is 0.410 e. The Bertz CT molecular complexity index is 792. The topological polar surface area (TPSA) is 41.6 Å². The first-order valence-electron chi connectivity index (χ1n) is 11.3. The summed E-state index contributed by atoms with van der Waals surface area (Å²) >= 11 is 0. The molecule has 0 aromatic heterocycles. The van der Waals surface area contributed by atoms with Crippen LogP contribution < -0.4 is 5.32 Å². The highest BCUT2D eigenvalue weighted by atomic mass is 16.6. The van der Waals surface area contributed by atoms with Crippen LogP contribution in [0.2, 0.25) is 0 Å². The Morgan fingerprint density at radius 3 is 2.10 bits per heavy atom. The second-order valence-electron chi connectivity index (χ2n) is 9.66. The standard InChI is InChI=1S/C26H34N2O2/c1-26(2,3)30-25(29)28-18-22(27-21-16-10-11-17-23(21)28)24(19-12-6-4-7-13-19)20-14-8-5-9-15-20/h4-9,12-15,21-24,27H,10-11,16-18H2,1-3H3. The minimum atomic E-state index is -0.486. The van der Waals surface area contributed by atoms with E-state index in [0.717, 1.165) is 12.8 Å². The molecule has 30 heavy (non-hydrogen) atoms. The molecule has 1 N–H and O–H groups in total. The van der Waals surface area contributed by atoms with Gasteiger partial charge in [0.05, 0.1) is 6.04 Å². The van der Waals surface area contributed by atoms with Crippen molar-refractivity contribution >= 4 is 6.09 Å². The van der Waals surface area contributed by atoms with Crippen molar-refractivity contribution in [3.05, 3.63) is 71.8 Å². The molecule has 2 fully saturated rings. The number of piperazine rings is 1. The summed E-state index contributed by atoms with van der Waals surface area (Å²) < 4.78 is 5.82. The van der Waals surface area contributed by atoms with Crippen LogP contribution in [0.15, 0.2) is 60.7 Å². The number of benzene rings is 2. The van der Waals surface area contributed by atoms with Gasteiger partial charge in [-0.15, -0.1) is 0 Å². The third-order valence-electron chi connectivity index (χ3n) is 6.30. The van der Waals surface area contributed by atoms with Crippen molar-refractivity contribution in [1.29, 1.82) is 0 Å². The molecule has 160 valence electrons. The molecule has 3 unspecified atom stereocenters. The van der Waals surface area contributed by atoms with Crippen LogP contribution in [0.4, 0.5) is 4.79 Å². The van der Waals surface area contributed by atoms with Gasteiger partial charge in [0.2, 0.25) is 0 Å². The van der Waals surface area contributed by atoms with Gasteiger partial charge in [0.15, 0.2) is 0 Å². The molecule has 2 aromatic carbocycles. The molecule has 4 nitrogen and oxygen atoms in total. The number of carbonyl (C=O) groups excluding carboxylic acids is 1. The van der Waals surface area contributed by atoms with Crippen molar-refractivity contribution in [1.82, 2.24) is 10.2 Å². The van der Waals surface area contributed by atoms with Gasteiger partial charge < -0.3 is 15.0 Å². The number of hydrogen-bond donors (Lipinski definition) is 1. The van der Waals surface area contributed by atoms with Crippen molar-refractivity contribution in [2.75, 3.05) is 6.54 Å². The van der Waals surface area contributed by atoms with Crippen LogP contribution in [0.1, 0.15) is 63.5 Å². The molecule has 1 saturated heterocycles. The second-order valence-corrected chi connectivity index (χ2v) is 9.66. The number of fused-ring (bicyclic) bond motifs is 1. The van der Waals surface area contributed by atoms with Gasteiger partial charge in [0, 0.05) is 24.5 Å². The zero-order valence-corrected chi connectivity index (χ0v) is 18.4. The molecule has 1 aliphatic heterocycles. The number of carbonyl (C=O) groups is 1. The lowest BCUT2D eigenvalue weighted by molar-refractivity contribution is -0.00806. The lowest BCUT2D eigenvalue weighted by Gasteiger charge is -2.49. The number of hydrogen-bond acceptors (Lipinski definition) is 3. The molecular formula is C26H34N2O2. The molecule has 0 spiro atoms. The average molecular weight is 407 g/mol. The smallest absolute Gasteiger partial charge is 0.410 e. The molecule has 4 rings (SSSR count). The normalized spacial score (nSPS) is 24.4. The predicted molar refractivity (Wildman–Crippen MR) is 121 cm³/mol. The first-order chi connectivity index (χ1) is 14.4. The van der Waals surface area contributed by atoms with Gasteiger partial charge in [-0.1, -0.05) is 73.5 Å². The molecular weight excluding hydrogens is 372 g/mol. The van der Waals surface area contributed by atoms with Gasteiger partial charge in [-0.05, 0) is 44.7 Å². The summed E-state index contributed by atoms with van der Waals surface area (Å²) in [7, 11) is 0. The summed E-state index contributed by atoms with van der Waals surface area (Å²) in [6.45, 7) is 6.49. The Kier molecular flexibility index (Phi) is 6.14. The number of amides is 1. The zero-order chi connectivity index (χ0) is 21.1. The van der Waals surface area contributed by atoms with Gasteiger partial charge in [-0.2, -0.15) is 0 Å². The Morgan fingerprint density at radius 2 is 1.53 bits per heavy atom. The van der Waals surface area contributed by atoms with E-state index in [-0.39, 0.29) is 24.1 Å². The summed E-state index contributed by atoms with van der Waals surface area (Å²) in [5.41, 5.74) is 2.07. The van der Waals surface area contributed by atoms with E-state index in [1.807, 2.05) is 25.7 Å². The zero-order valence-electron chi connectivity index (χ0n) is 18.4. The molecule has 4 heteroatoms. The van der Waals surface area contributed by atoms with Crippen molar-refractivity contribution in [3.8, 4) is 0 Å². The summed E-state index contributed by atoms with van der Waals surface area (Å²) in [4.78, 5) is 15.2. The van der Waals surface area contributed by atoms with Gasteiger partial charge in [-0.25, -0.2) is 4.79 Å². The lowest BCUT2D eigenvalue weighted by Crippen LogP contribution is -2.66. The SMILES string of the molecule is CC(C)(C)OC(=O)N1CC(C(c2ccccc2)c2ccccc2)NC2CCCCC21. The fourth-order valence-electron chi connectivity index (χ4n) is 5.06. The molecule has 1 heterocycles. The summed E-state index contributed by atoms with van der Waals surface area (Å²) in [6.07, 6.45) is 4.37. The van der Waals surface area contributed by atoms with E-state index in [9.17, 15) is 4.79 Å². The minimum Gasteiger partial charge on any atom is -0.444 e. The van der Waals surface area contributed by atoms with Crippen LogP contribution in [0.25, 0.3) is 0 Å². The molecule has 1 aliphatic carbocycles. The van der Waals surface area contributed by atoms with Crippen LogP contribution >= 0.6 is 0 Å². The monoisotopic (exact) mass is 406 g/mol. The Morgan fingerprint density at radius 1 is 0.967 bits per heavy atom. The van der Waals surface area contributed by atoms with Crippen LogP contribution in [-0.4, -0.2) is 41.3 Å². The van der Waals surface area contributed by atoms with E-state index in [2.05, 4.69) is 66.0 Å². The van der Waals surface area contributed by atoms with Gasteiger partial charge in [0.25, 0.3) is 0 Å². The molecule has 0 radical (unpaired) electrons. The number of rotatable bonds is 3. The maximum absolute atomic E-state index is 13.2. The highest BCUT2D eigenvalue weighted by molar-refractivity contribution is 5.69. The van der Waals surface area contributed by atoms with E-state index >= 15 is 0 Å². The first-order valence-corrected chi connectivity index (χ1v) is 11.3. The highest BCUT2D eigenvalue weighted by Crippen LogP contribution is 2.35. The highest BCUT2D eigenvalue weighted by Gasteiger charge is 2.43. The van der Waals surface area contributed by atoms with Gasteiger partial charge >= 0.3 is 6.09 Å². The van der Waals surface area contributed by atoms with Crippen LogP contribution in [-0.2, 0) is 4.74 Å². The number of nitrogens with one attached hydrogen (secondary N) is 1. The summed E-state index contributed by atoms with van der Waals surface area (Å²) in [5.74, 6) is 0.181. The summed E-state index contributed by atoms with van der Waals surface area (Å²) in [6, 6.07) is 22.0. The largest absolute Gasteiger partial charge is 0.444 e. The fourth-order valence-corrected chi connectivity index (χ4v) is 5.06. The molecule has 1 saturated carbocycles. The Balaban J connectivity index is 1.68. The molecule has 2 aliphatic rings. The number of nitrogens with zero attached hydrogens (tertiary/aromatic N) is 1. The Labute approximate surface area is 180 Å². The average Bonchev–Trinajstić information content (AvgIpc) is 2.74. The van der Waals surface area contributed by atoms with Crippen LogP contribution in [0, 0.1) is 0 Å². The van der Waals surface area contributed by atoms with E-state index in [1.165, 1.54) is 24.0 Å². The second kappa shape index (κ2) is 8.81. The molecule has 3 atom stereocenters. The molecule has 1 amide bonds.